The molecular formula is C25H27F3N4O2. The van der Waals surface area contributed by atoms with Crippen LogP contribution in [0.15, 0.2) is 42.6 Å². The van der Waals surface area contributed by atoms with E-state index in [1.807, 2.05) is 19.9 Å². The van der Waals surface area contributed by atoms with Gasteiger partial charge in [-0.05, 0) is 74.6 Å². The van der Waals surface area contributed by atoms with Gasteiger partial charge in [0.1, 0.15) is 5.82 Å². The monoisotopic (exact) mass is 472 g/mol. The molecule has 3 aromatic rings. The van der Waals surface area contributed by atoms with Gasteiger partial charge in [-0.2, -0.15) is 13.2 Å². The third kappa shape index (κ3) is 5.14. The summed E-state index contributed by atoms with van der Waals surface area (Å²) in [7, 11) is 0. The van der Waals surface area contributed by atoms with Gasteiger partial charge in [0, 0.05) is 36.4 Å². The number of anilines is 1. The predicted octanol–water partition coefficient (Wildman–Crippen LogP) is 5.00. The van der Waals surface area contributed by atoms with E-state index in [2.05, 4.69) is 9.97 Å². The number of carbonyl (C=O) groups excluding carboxylic acids is 1. The Morgan fingerprint density at radius 3 is 2.59 bits per heavy atom. The first-order valence-electron chi connectivity index (χ1n) is 11.2. The Bertz CT molecular complexity index is 1180. The number of benzene rings is 1. The molecule has 1 fully saturated rings. The van der Waals surface area contributed by atoms with Crippen molar-refractivity contribution < 1.29 is 22.7 Å². The molecule has 2 aromatic heterocycles. The van der Waals surface area contributed by atoms with E-state index in [-0.39, 0.29) is 24.4 Å². The summed E-state index contributed by atoms with van der Waals surface area (Å²) in [5.74, 6) is 0.447. The lowest BCUT2D eigenvalue weighted by Gasteiger charge is -2.36. The highest BCUT2D eigenvalue weighted by molar-refractivity contribution is 5.98. The summed E-state index contributed by atoms with van der Waals surface area (Å²) >= 11 is 0. The van der Waals surface area contributed by atoms with Crippen molar-refractivity contribution in [2.24, 2.45) is 5.92 Å². The van der Waals surface area contributed by atoms with E-state index in [0.29, 0.717) is 35.8 Å². The molecule has 34 heavy (non-hydrogen) atoms. The zero-order valence-electron chi connectivity index (χ0n) is 19.1. The molecule has 1 saturated heterocycles. The van der Waals surface area contributed by atoms with Crippen LogP contribution in [0.25, 0.3) is 10.9 Å². The maximum Gasteiger partial charge on any atom is 0.417 e. The highest BCUT2D eigenvalue weighted by atomic mass is 19.4. The molecule has 1 aliphatic heterocycles. The summed E-state index contributed by atoms with van der Waals surface area (Å²) in [4.78, 5) is 23.8. The van der Waals surface area contributed by atoms with Crippen molar-refractivity contribution in [1.29, 1.82) is 0 Å². The van der Waals surface area contributed by atoms with E-state index >= 15 is 0 Å². The SMILES string of the molecule is Cc1cc2cc(C(=O)N(Cc3ccc(C(F)(F)F)cn3)[C@@H](C)C3CCOCC3)ccc2nc1N. The molecule has 6 nitrogen and oxygen atoms in total. The molecule has 3 heterocycles. The Morgan fingerprint density at radius 2 is 1.94 bits per heavy atom. The van der Waals surface area contributed by atoms with Crippen molar-refractivity contribution in [3.63, 3.8) is 0 Å². The number of fused-ring (bicyclic) bond motifs is 1. The number of nitrogens with zero attached hydrogens (tertiary/aromatic N) is 3. The molecule has 1 amide bonds. The van der Waals surface area contributed by atoms with Crippen LogP contribution in [0.5, 0.6) is 0 Å². The van der Waals surface area contributed by atoms with Gasteiger partial charge in [0.2, 0.25) is 0 Å². The zero-order chi connectivity index (χ0) is 24.5. The van der Waals surface area contributed by atoms with Gasteiger partial charge >= 0.3 is 6.18 Å². The minimum absolute atomic E-state index is 0.104. The van der Waals surface area contributed by atoms with Gasteiger partial charge in [-0.25, -0.2) is 4.98 Å². The van der Waals surface area contributed by atoms with Crippen molar-refractivity contribution in [2.45, 2.75) is 45.5 Å². The van der Waals surface area contributed by atoms with Crippen LogP contribution in [0, 0.1) is 12.8 Å². The largest absolute Gasteiger partial charge is 0.417 e. The molecular weight excluding hydrogens is 445 g/mol. The average molecular weight is 473 g/mol. The first-order valence-corrected chi connectivity index (χ1v) is 11.2. The van der Waals surface area contributed by atoms with E-state index in [1.165, 1.54) is 6.07 Å². The number of ether oxygens (including phenoxy) is 1. The number of carbonyl (C=O) groups is 1. The molecule has 0 saturated carbocycles. The maximum atomic E-state index is 13.7. The Kier molecular flexibility index (Phi) is 6.74. The van der Waals surface area contributed by atoms with Crippen molar-refractivity contribution in [3.05, 3.63) is 65.0 Å². The molecule has 0 aliphatic carbocycles. The highest BCUT2D eigenvalue weighted by Crippen LogP contribution is 2.30. The standard InChI is InChI=1S/C25H27F3N4O2/c1-15-11-19-12-18(3-6-22(19)31-23(15)29)24(33)32(16(2)17-7-9-34-10-8-17)14-21-5-4-20(13-30-21)25(26,27)28/h3-6,11-13,16-17H,7-10,14H2,1-2H3,(H2,29,31)/t16-/m0/s1. The molecule has 1 atom stereocenters. The fourth-order valence-electron chi connectivity index (χ4n) is 4.31. The lowest BCUT2D eigenvalue weighted by Crippen LogP contribution is -2.44. The van der Waals surface area contributed by atoms with Gasteiger partial charge in [0.15, 0.2) is 0 Å². The normalized spacial score (nSPS) is 15.9. The number of nitrogen functional groups attached to an aromatic ring is 1. The van der Waals surface area contributed by atoms with E-state index in [0.717, 1.165) is 36.1 Å². The smallest absolute Gasteiger partial charge is 0.383 e. The second kappa shape index (κ2) is 9.58. The number of rotatable bonds is 5. The molecule has 180 valence electrons. The quantitative estimate of drug-likeness (QED) is 0.565. The summed E-state index contributed by atoms with van der Waals surface area (Å²) in [5.41, 5.74) is 7.46. The summed E-state index contributed by atoms with van der Waals surface area (Å²) < 4.78 is 44.3. The van der Waals surface area contributed by atoms with Gasteiger partial charge in [0.25, 0.3) is 5.91 Å². The van der Waals surface area contributed by atoms with Crippen molar-refractivity contribution >= 4 is 22.6 Å². The fraction of sp³-hybridized carbons (Fsp3) is 0.400. The van der Waals surface area contributed by atoms with Crippen LogP contribution in [-0.2, 0) is 17.5 Å². The Morgan fingerprint density at radius 1 is 1.21 bits per heavy atom. The van der Waals surface area contributed by atoms with Gasteiger partial charge in [-0.1, -0.05) is 0 Å². The van der Waals surface area contributed by atoms with Crippen LogP contribution in [0.3, 0.4) is 0 Å². The molecule has 0 unspecified atom stereocenters. The number of halogens is 3. The summed E-state index contributed by atoms with van der Waals surface area (Å²) in [6.07, 6.45) is -2.03. The molecule has 0 radical (unpaired) electrons. The van der Waals surface area contributed by atoms with Gasteiger partial charge < -0.3 is 15.4 Å². The molecule has 0 spiro atoms. The van der Waals surface area contributed by atoms with Crippen molar-refractivity contribution in [3.8, 4) is 0 Å². The summed E-state index contributed by atoms with van der Waals surface area (Å²) in [6, 6.07) is 9.30. The van der Waals surface area contributed by atoms with Crippen LogP contribution in [0.4, 0.5) is 19.0 Å². The molecule has 1 aliphatic rings. The van der Waals surface area contributed by atoms with Crippen LogP contribution in [0.1, 0.15) is 46.9 Å². The summed E-state index contributed by atoms with van der Waals surface area (Å²) in [5, 5.41) is 0.795. The summed E-state index contributed by atoms with van der Waals surface area (Å²) in [6.45, 7) is 5.18. The third-order valence-corrected chi connectivity index (χ3v) is 6.48. The molecule has 4 rings (SSSR count). The van der Waals surface area contributed by atoms with Gasteiger partial charge in [0.05, 0.1) is 23.3 Å². The average Bonchev–Trinajstić information content (AvgIpc) is 2.82. The number of aromatic nitrogens is 2. The van der Waals surface area contributed by atoms with Gasteiger partial charge in [-0.15, -0.1) is 0 Å². The second-order valence-electron chi connectivity index (χ2n) is 8.76. The van der Waals surface area contributed by atoms with Gasteiger partial charge in [-0.3, -0.25) is 9.78 Å². The number of alkyl halides is 3. The van der Waals surface area contributed by atoms with Crippen LogP contribution in [-0.4, -0.2) is 40.0 Å². The van der Waals surface area contributed by atoms with E-state index in [1.54, 1.807) is 23.1 Å². The second-order valence-corrected chi connectivity index (χ2v) is 8.76. The molecule has 9 heteroatoms. The topological polar surface area (TPSA) is 81.3 Å². The third-order valence-electron chi connectivity index (χ3n) is 6.48. The minimum atomic E-state index is -4.46. The van der Waals surface area contributed by atoms with Crippen LogP contribution >= 0.6 is 0 Å². The number of hydrogen-bond acceptors (Lipinski definition) is 5. The molecule has 2 N–H and O–H groups in total. The number of pyridine rings is 2. The van der Waals surface area contributed by atoms with Crippen LogP contribution in [0.2, 0.25) is 0 Å². The lowest BCUT2D eigenvalue weighted by molar-refractivity contribution is -0.137. The molecule has 1 aromatic carbocycles. The number of nitrogens with two attached hydrogens (primary N) is 1. The van der Waals surface area contributed by atoms with E-state index in [4.69, 9.17) is 10.5 Å². The Labute approximate surface area is 195 Å². The van der Waals surface area contributed by atoms with E-state index < -0.39 is 11.7 Å². The highest BCUT2D eigenvalue weighted by Gasteiger charge is 2.32. The van der Waals surface area contributed by atoms with E-state index in [9.17, 15) is 18.0 Å². The number of aryl methyl sites for hydroxylation is 1. The fourth-order valence-corrected chi connectivity index (χ4v) is 4.31. The first kappa shape index (κ1) is 23.9. The molecule has 0 bridgehead atoms. The number of amides is 1. The lowest BCUT2D eigenvalue weighted by atomic mass is 9.91. The predicted molar refractivity (Wildman–Crippen MR) is 123 cm³/mol. The zero-order valence-corrected chi connectivity index (χ0v) is 19.1. The maximum absolute atomic E-state index is 13.7. The minimum Gasteiger partial charge on any atom is -0.383 e. The van der Waals surface area contributed by atoms with Crippen LogP contribution < -0.4 is 5.73 Å². The number of hydrogen-bond donors (Lipinski definition) is 1. The Balaban J connectivity index is 1.66. The first-order chi connectivity index (χ1) is 16.1. The Hall–Kier alpha value is -3.20. The van der Waals surface area contributed by atoms with Crippen molar-refractivity contribution in [1.82, 2.24) is 14.9 Å². The van der Waals surface area contributed by atoms with Crippen molar-refractivity contribution in [2.75, 3.05) is 18.9 Å².